The number of carbonyl (C=O) groups is 2. The highest BCUT2D eigenvalue weighted by molar-refractivity contribution is 8.04. The summed E-state index contributed by atoms with van der Waals surface area (Å²) in [4.78, 5) is 27.6. The lowest BCUT2D eigenvalue weighted by atomic mass is 9.83. The van der Waals surface area contributed by atoms with Gasteiger partial charge in [-0.25, -0.2) is 0 Å². The van der Waals surface area contributed by atoms with Gasteiger partial charge in [0.15, 0.2) is 6.29 Å². The van der Waals surface area contributed by atoms with Gasteiger partial charge >= 0.3 is 6.18 Å². The van der Waals surface area contributed by atoms with Crippen molar-refractivity contribution < 1.29 is 32.2 Å². The van der Waals surface area contributed by atoms with Gasteiger partial charge in [0.2, 0.25) is 5.91 Å². The molecule has 32 heavy (non-hydrogen) atoms. The van der Waals surface area contributed by atoms with E-state index in [-0.39, 0.29) is 35.6 Å². The minimum Gasteiger partial charge on any atom is -0.354 e. The first-order valence-electron chi connectivity index (χ1n) is 10.3. The molecule has 1 aliphatic heterocycles. The number of nitrogens with zero attached hydrogens (tertiary/aromatic N) is 1. The molecule has 176 valence electrons. The van der Waals surface area contributed by atoms with Gasteiger partial charge in [0, 0.05) is 38.5 Å². The maximum Gasteiger partial charge on any atom is 0.416 e. The lowest BCUT2D eigenvalue weighted by Gasteiger charge is -2.44. The predicted octanol–water partition coefficient (Wildman–Crippen LogP) is 3.52. The topological polar surface area (TPSA) is 67.9 Å². The fourth-order valence-electron chi connectivity index (χ4n) is 4.05. The summed E-state index contributed by atoms with van der Waals surface area (Å²) in [6.07, 6.45) is -1.26. The smallest absolute Gasteiger partial charge is 0.354 e. The number of thioether (sulfide) groups is 1. The van der Waals surface area contributed by atoms with Crippen LogP contribution in [0.4, 0.5) is 13.2 Å². The molecule has 1 saturated carbocycles. The Labute approximate surface area is 189 Å². The molecular formula is C22H27F3N2O4S. The van der Waals surface area contributed by atoms with Gasteiger partial charge < -0.3 is 19.7 Å². The van der Waals surface area contributed by atoms with Gasteiger partial charge in [0.1, 0.15) is 0 Å². The number of halogens is 3. The Kier molecular flexibility index (Phi) is 7.89. The summed E-state index contributed by atoms with van der Waals surface area (Å²) >= 11 is 1.45. The second-order valence-electron chi connectivity index (χ2n) is 7.92. The number of nitrogens with one attached hydrogen (secondary N) is 1. The number of alkyl halides is 3. The van der Waals surface area contributed by atoms with Crippen LogP contribution < -0.4 is 5.32 Å². The number of likely N-dealkylation sites (N-methyl/N-ethyl adjacent to an activating group) is 1. The van der Waals surface area contributed by atoms with Crippen LogP contribution in [0.2, 0.25) is 0 Å². The first kappa shape index (κ1) is 24.6. The standard InChI is InChI=1S/C22H27F3N2O4S/c1-27-16-11-14(20(28)26-12-19(30-2)31-3)6-9-17(16)32-18(21(27)29)10-13-4-7-15(8-5-13)22(23,24)25/h4-5,7-8,10,14,16-17,19H,6,9,11-12H2,1-3H3,(H,26,28)/b18-10-. The molecule has 2 aliphatic rings. The first-order chi connectivity index (χ1) is 15.1. The van der Waals surface area contributed by atoms with Crippen molar-refractivity contribution in [2.24, 2.45) is 5.92 Å². The Balaban J connectivity index is 1.65. The molecular weight excluding hydrogens is 445 g/mol. The van der Waals surface area contributed by atoms with Crippen LogP contribution >= 0.6 is 11.8 Å². The Hall–Kier alpha value is -2.04. The van der Waals surface area contributed by atoms with Crippen molar-refractivity contribution in [1.29, 1.82) is 0 Å². The van der Waals surface area contributed by atoms with Crippen LogP contribution in [0.5, 0.6) is 0 Å². The zero-order valence-electron chi connectivity index (χ0n) is 18.1. The molecule has 1 heterocycles. The summed E-state index contributed by atoms with van der Waals surface area (Å²) in [5.74, 6) is -0.475. The lowest BCUT2D eigenvalue weighted by molar-refractivity contribution is -0.137. The maximum atomic E-state index is 12.9. The Morgan fingerprint density at radius 3 is 2.50 bits per heavy atom. The van der Waals surface area contributed by atoms with Gasteiger partial charge in [-0.3, -0.25) is 9.59 Å². The monoisotopic (exact) mass is 472 g/mol. The minimum absolute atomic E-state index is 0.0811. The van der Waals surface area contributed by atoms with E-state index in [4.69, 9.17) is 9.47 Å². The Morgan fingerprint density at radius 1 is 1.25 bits per heavy atom. The summed E-state index contributed by atoms with van der Waals surface area (Å²) in [5.41, 5.74) is -0.182. The number of carbonyl (C=O) groups excluding carboxylic acids is 2. The molecule has 0 bridgehead atoms. The van der Waals surface area contributed by atoms with Gasteiger partial charge in [-0.05, 0) is 43.0 Å². The van der Waals surface area contributed by atoms with Crippen LogP contribution in [0.3, 0.4) is 0 Å². The molecule has 0 spiro atoms. The molecule has 0 radical (unpaired) electrons. The quantitative estimate of drug-likeness (QED) is 0.507. The van der Waals surface area contributed by atoms with Crippen molar-refractivity contribution in [3.05, 3.63) is 40.3 Å². The van der Waals surface area contributed by atoms with Gasteiger partial charge in [-0.1, -0.05) is 12.1 Å². The second-order valence-corrected chi connectivity index (χ2v) is 9.21. The van der Waals surface area contributed by atoms with Crippen molar-refractivity contribution in [3.63, 3.8) is 0 Å². The number of ether oxygens (including phenoxy) is 2. The molecule has 3 unspecified atom stereocenters. The van der Waals surface area contributed by atoms with Crippen LogP contribution in [0.1, 0.15) is 30.4 Å². The average Bonchev–Trinajstić information content (AvgIpc) is 2.77. The summed E-state index contributed by atoms with van der Waals surface area (Å²) < 4.78 is 48.5. The third kappa shape index (κ3) is 5.65. The normalized spacial score (nSPS) is 25.2. The number of hydrogen-bond donors (Lipinski definition) is 1. The second kappa shape index (κ2) is 10.3. The van der Waals surface area contributed by atoms with Crippen LogP contribution in [0, 0.1) is 5.92 Å². The zero-order valence-corrected chi connectivity index (χ0v) is 19.0. The highest BCUT2D eigenvalue weighted by Gasteiger charge is 2.43. The molecule has 10 heteroatoms. The predicted molar refractivity (Wildman–Crippen MR) is 116 cm³/mol. The van der Waals surface area contributed by atoms with Gasteiger partial charge in [-0.15, -0.1) is 11.8 Å². The summed E-state index contributed by atoms with van der Waals surface area (Å²) in [6, 6.07) is 4.67. The van der Waals surface area contributed by atoms with E-state index < -0.39 is 18.0 Å². The van der Waals surface area contributed by atoms with Crippen LogP contribution in [0.15, 0.2) is 29.2 Å². The zero-order chi connectivity index (χ0) is 23.5. The van der Waals surface area contributed by atoms with E-state index in [1.54, 1.807) is 18.0 Å². The van der Waals surface area contributed by atoms with E-state index in [0.29, 0.717) is 23.3 Å². The van der Waals surface area contributed by atoms with E-state index in [1.165, 1.54) is 38.1 Å². The Morgan fingerprint density at radius 2 is 1.91 bits per heavy atom. The molecule has 1 aromatic carbocycles. The van der Waals surface area contributed by atoms with Gasteiger partial charge in [0.25, 0.3) is 5.91 Å². The fraction of sp³-hybridized carbons (Fsp3) is 0.545. The van der Waals surface area contributed by atoms with E-state index in [1.807, 2.05) is 0 Å². The lowest BCUT2D eigenvalue weighted by Crippen LogP contribution is -2.52. The van der Waals surface area contributed by atoms with Crippen molar-refractivity contribution in [3.8, 4) is 0 Å². The third-order valence-electron chi connectivity index (χ3n) is 5.94. The van der Waals surface area contributed by atoms with Gasteiger partial charge in [-0.2, -0.15) is 13.2 Å². The highest BCUT2D eigenvalue weighted by Crippen LogP contribution is 2.43. The molecule has 3 rings (SSSR count). The summed E-state index contributed by atoms with van der Waals surface area (Å²) in [5, 5.41) is 2.97. The number of benzene rings is 1. The molecule has 1 N–H and O–H groups in total. The molecule has 1 aliphatic carbocycles. The van der Waals surface area contributed by atoms with E-state index in [9.17, 15) is 22.8 Å². The van der Waals surface area contributed by atoms with Crippen molar-refractivity contribution >= 4 is 29.7 Å². The molecule has 0 aromatic heterocycles. The molecule has 2 fully saturated rings. The van der Waals surface area contributed by atoms with Gasteiger partial charge in [0.05, 0.1) is 17.0 Å². The summed E-state index contributed by atoms with van der Waals surface area (Å²) in [6.45, 7) is 0.250. The molecule has 3 atom stereocenters. The molecule has 1 saturated heterocycles. The van der Waals surface area contributed by atoms with Crippen LogP contribution in [-0.2, 0) is 25.2 Å². The first-order valence-corrected chi connectivity index (χ1v) is 11.2. The van der Waals surface area contributed by atoms with Crippen molar-refractivity contribution in [1.82, 2.24) is 10.2 Å². The third-order valence-corrected chi connectivity index (χ3v) is 7.34. The van der Waals surface area contributed by atoms with Crippen molar-refractivity contribution in [2.45, 2.75) is 43.0 Å². The number of rotatable bonds is 6. The number of methoxy groups -OCH3 is 2. The SMILES string of the molecule is COC(CNC(=O)C1CCC2S/C(=C\c3ccc(C(F)(F)F)cc3)C(=O)N(C)C2C1)OC. The highest BCUT2D eigenvalue weighted by atomic mass is 32.2. The van der Waals surface area contributed by atoms with Crippen LogP contribution in [0.25, 0.3) is 6.08 Å². The molecule has 1 aromatic rings. The fourth-order valence-corrected chi connectivity index (χ4v) is 5.53. The van der Waals surface area contributed by atoms with E-state index in [2.05, 4.69) is 5.32 Å². The number of fused-ring (bicyclic) bond motifs is 1. The molecule has 2 amide bonds. The number of hydrogen-bond acceptors (Lipinski definition) is 5. The largest absolute Gasteiger partial charge is 0.416 e. The average molecular weight is 473 g/mol. The molecule has 6 nitrogen and oxygen atoms in total. The van der Waals surface area contributed by atoms with E-state index in [0.717, 1.165) is 18.6 Å². The van der Waals surface area contributed by atoms with E-state index >= 15 is 0 Å². The number of amides is 2. The van der Waals surface area contributed by atoms with Crippen LogP contribution in [-0.4, -0.2) is 62.1 Å². The maximum absolute atomic E-state index is 12.9. The van der Waals surface area contributed by atoms with Crippen molar-refractivity contribution in [2.75, 3.05) is 27.8 Å². The Bertz CT molecular complexity index is 856. The minimum atomic E-state index is -4.40. The summed E-state index contributed by atoms with van der Waals surface area (Å²) in [7, 11) is 4.72.